The van der Waals surface area contributed by atoms with Gasteiger partial charge in [-0.1, -0.05) is 37.9 Å². The number of hydrogen-bond acceptors (Lipinski definition) is 2. The maximum atomic E-state index is 5.68. The van der Waals surface area contributed by atoms with Crippen molar-refractivity contribution in [2.45, 2.75) is 37.1 Å². The molecule has 0 aliphatic carbocycles. The minimum absolute atomic E-state index is 0.325. The smallest absolute Gasteiger partial charge is 0.120 e. The first kappa shape index (κ1) is 14.4. The van der Waals surface area contributed by atoms with Gasteiger partial charge >= 0.3 is 0 Å². The van der Waals surface area contributed by atoms with E-state index in [9.17, 15) is 0 Å². The largest absolute Gasteiger partial charge is 0.494 e. The van der Waals surface area contributed by atoms with Crippen molar-refractivity contribution in [3.8, 4) is 5.75 Å². The highest BCUT2D eigenvalue weighted by Gasteiger charge is 2.21. The van der Waals surface area contributed by atoms with Crippen LogP contribution in [0.1, 0.15) is 36.6 Å². The molecular formula is C14H18Br2O2. The molecule has 0 amide bonds. The molecule has 0 N–H and O–H groups in total. The van der Waals surface area contributed by atoms with Crippen LogP contribution in [0.15, 0.2) is 22.7 Å². The molecule has 1 aromatic rings. The predicted octanol–water partition coefficient (Wildman–Crippen LogP) is 4.85. The normalized spacial score (nSPS) is 20.9. The number of rotatable bonds is 5. The monoisotopic (exact) mass is 376 g/mol. The molecule has 2 atom stereocenters. The zero-order valence-electron chi connectivity index (χ0n) is 10.5. The lowest BCUT2D eigenvalue weighted by Gasteiger charge is -2.17. The van der Waals surface area contributed by atoms with Gasteiger partial charge in [-0.15, -0.1) is 0 Å². The Morgan fingerprint density at radius 1 is 1.50 bits per heavy atom. The zero-order valence-corrected chi connectivity index (χ0v) is 13.7. The second-order valence-corrected chi connectivity index (χ2v) is 6.41. The molecule has 0 spiro atoms. The van der Waals surface area contributed by atoms with E-state index in [0.29, 0.717) is 17.5 Å². The van der Waals surface area contributed by atoms with Crippen molar-refractivity contribution in [2.24, 2.45) is 0 Å². The van der Waals surface area contributed by atoms with Crippen molar-refractivity contribution < 1.29 is 9.47 Å². The van der Waals surface area contributed by atoms with Crippen LogP contribution in [0.5, 0.6) is 5.75 Å². The molecule has 1 aliphatic rings. The van der Waals surface area contributed by atoms with Gasteiger partial charge in [-0.25, -0.2) is 0 Å². The van der Waals surface area contributed by atoms with Crippen molar-refractivity contribution in [3.05, 3.63) is 28.2 Å². The summed E-state index contributed by atoms with van der Waals surface area (Å²) in [5, 5.41) is 0. The topological polar surface area (TPSA) is 18.5 Å². The summed E-state index contributed by atoms with van der Waals surface area (Å²) in [4.78, 5) is 0.325. The lowest BCUT2D eigenvalue weighted by atomic mass is 10.0. The fourth-order valence-electron chi connectivity index (χ4n) is 2.21. The van der Waals surface area contributed by atoms with Gasteiger partial charge in [0, 0.05) is 15.9 Å². The van der Waals surface area contributed by atoms with Gasteiger partial charge in [0.25, 0.3) is 0 Å². The zero-order chi connectivity index (χ0) is 13.0. The van der Waals surface area contributed by atoms with Crippen LogP contribution in [-0.2, 0) is 4.74 Å². The van der Waals surface area contributed by atoms with E-state index >= 15 is 0 Å². The maximum Gasteiger partial charge on any atom is 0.120 e. The lowest BCUT2D eigenvalue weighted by Crippen LogP contribution is -2.08. The van der Waals surface area contributed by atoms with Crippen molar-refractivity contribution in [1.29, 1.82) is 0 Å². The molecule has 100 valence electrons. The van der Waals surface area contributed by atoms with Crippen LogP contribution >= 0.6 is 31.9 Å². The van der Waals surface area contributed by atoms with Crippen molar-refractivity contribution in [1.82, 2.24) is 0 Å². The molecule has 4 heteroatoms. The van der Waals surface area contributed by atoms with E-state index in [1.165, 1.54) is 18.4 Å². The summed E-state index contributed by atoms with van der Waals surface area (Å²) in [6.45, 7) is 3.60. The molecule has 1 aliphatic heterocycles. The van der Waals surface area contributed by atoms with Crippen LogP contribution in [0.25, 0.3) is 0 Å². The molecule has 0 saturated carbocycles. The molecular weight excluding hydrogens is 360 g/mol. The van der Waals surface area contributed by atoms with E-state index in [4.69, 9.17) is 9.47 Å². The molecule has 0 aromatic heterocycles. The third kappa shape index (κ3) is 3.72. The van der Waals surface area contributed by atoms with E-state index in [1.807, 2.05) is 19.1 Å². The van der Waals surface area contributed by atoms with Crippen LogP contribution in [0, 0.1) is 0 Å². The van der Waals surface area contributed by atoms with Crippen LogP contribution in [-0.4, -0.2) is 19.3 Å². The van der Waals surface area contributed by atoms with Crippen LogP contribution in [0.2, 0.25) is 0 Å². The van der Waals surface area contributed by atoms with E-state index in [1.54, 1.807) is 0 Å². The van der Waals surface area contributed by atoms with Gasteiger partial charge in [-0.05, 0) is 43.9 Å². The number of alkyl halides is 1. The van der Waals surface area contributed by atoms with Crippen LogP contribution < -0.4 is 4.74 Å². The third-order valence-corrected chi connectivity index (χ3v) is 4.67. The summed E-state index contributed by atoms with van der Waals surface area (Å²) in [6, 6.07) is 6.17. The van der Waals surface area contributed by atoms with Crippen molar-refractivity contribution in [3.63, 3.8) is 0 Å². The number of hydrogen-bond donors (Lipinski definition) is 0. The van der Waals surface area contributed by atoms with Crippen LogP contribution in [0.3, 0.4) is 0 Å². The second-order valence-electron chi connectivity index (χ2n) is 4.45. The molecule has 2 unspecified atom stereocenters. The summed E-state index contributed by atoms with van der Waals surface area (Å²) in [6.07, 6.45) is 3.78. The molecule has 2 rings (SSSR count). The minimum Gasteiger partial charge on any atom is -0.494 e. The number of ether oxygens (including phenoxy) is 2. The molecule has 0 radical (unpaired) electrons. The molecule has 1 saturated heterocycles. The van der Waals surface area contributed by atoms with Gasteiger partial charge < -0.3 is 9.47 Å². The quantitative estimate of drug-likeness (QED) is 0.682. The minimum atomic E-state index is 0.325. The molecule has 1 heterocycles. The summed E-state index contributed by atoms with van der Waals surface area (Å²) >= 11 is 7.38. The van der Waals surface area contributed by atoms with E-state index < -0.39 is 0 Å². The predicted molar refractivity (Wildman–Crippen MR) is 80.6 cm³/mol. The number of benzene rings is 1. The van der Waals surface area contributed by atoms with Gasteiger partial charge in [0.05, 0.1) is 12.7 Å². The maximum absolute atomic E-state index is 5.68. The van der Waals surface area contributed by atoms with E-state index in [0.717, 1.165) is 23.2 Å². The van der Waals surface area contributed by atoms with Gasteiger partial charge in [-0.3, -0.25) is 0 Å². The third-order valence-electron chi connectivity index (χ3n) is 3.11. The molecule has 1 aromatic carbocycles. The van der Waals surface area contributed by atoms with Crippen LogP contribution in [0.4, 0.5) is 0 Å². The summed E-state index contributed by atoms with van der Waals surface area (Å²) in [5.74, 6) is 0.907. The summed E-state index contributed by atoms with van der Waals surface area (Å²) < 4.78 is 12.3. The van der Waals surface area contributed by atoms with Crippen molar-refractivity contribution in [2.75, 3.05) is 13.2 Å². The Morgan fingerprint density at radius 3 is 2.94 bits per heavy atom. The summed E-state index contributed by atoms with van der Waals surface area (Å²) in [5.41, 5.74) is 1.26. The number of halogens is 2. The Bertz CT molecular complexity index is 389. The first-order chi connectivity index (χ1) is 8.70. The Hall–Kier alpha value is -0.0600. The van der Waals surface area contributed by atoms with Gasteiger partial charge in [0.2, 0.25) is 0 Å². The highest BCUT2D eigenvalue weighted by molar-refractivity contribution is 9.11. The Morgan fingerprint density at radius 2 is 2.33 bits per heavy atom. The molecule has 2 nitrogen and oxygen atoms in total. The Labute approximate surface area is 125 Å². The molecule has 1 fully saturated rings. The highest BCUT2D eigenvalue weighted by atomic mass is 79.9. The SMILES string of the molecule is CCOc1ccc(C(Br)CC2CCCO2)c(Br)c1. The molecule has 18 heavy (non-hydrogen) atoms. The fraction of sp³-hybridized carbons (Fsp3) is 0.571. The van der Waals surface area contributed by atoms with Gasteiger partial charge in [0.1, 0.15) is 5.75 Å². The lowest BCUT2D eigenvalue weighted by molar-refractivity contribution is 0.104. The fourth-order valence-corrected chi connectivity index (χ4v) is 3.96. The second kappa shape index (κ2) is 6.92. The highest BCUT2D eigenvalue weighted by Crippen LogP contribution is 2.37. The molecule has 0 bridgehead atoms. The van der Waals surface area contributed by atoms with Gasteiger partial charge in [0.15, 0.2) is 0 Å². The van der Waals surface area contributed by atoms with Gasteiger partial charge in [-0.2, -0.15) is 0 Å². The Kier molecular flexibility index (Phi) is 5.52. The Balaban J connectivity index is 2.02. The standard InChI is InChI=1S/C14H18Br2O2/c1-2-17-11-5-6-12(14(16)9-11)13(15)8-10-4-3-7-18-10/h5-6,9-10,13H,2-4,7-8H2,1H3. The average molecular weight is 378 g/mol. The van der Waals surface area contributed by atoms with E-state index in [-0.39, 0.29) is 0 Å². The first-order valence-electron chi connectivity index (χ1n) is 6.38. The average Bonchev–Trinajstić information content (AvgIpc) is 2.82. The first-order valence-corrected chi connectivity index (χ1v) is 8.09. The van der Waals surface area contributed by atoms with Crippen molar-refractivity contribution >= 4 is 31.9 Å². The van der Waals surface area contributed by atoms with E-state index in [2.05, 4.69) is 37.9 Å². The summed E-state index contributed by atoms with van der Waals surface area (Å²) in [7, 11) is 0.